The van der Waals surface area contributed by atoms with E-state index in [9.17, 15) is 4.79 Å². The normalized spacial score (nSPS) is 14.9. The van der Waals surface area contributed by atoms with E-state index in [1.807, 2.05) is 48.2 Å². The van der Waals surface area contributed by atoms with Crippen LogP contribution >= 0.6 is 15.9 Å². The molecule has 2 aromatic rings. The Balaban J connectivity index is 1.84. The summed E-state index contributed by atoms with van der Waals surface area (Å²) in [7, 11) is 0. The summed E-state index contributed by atoms with van der Waals surface area (Å²) < 4.78 is 1.02. The molecule has 1 aromatic carbocycles. The quantitative estimate of drug-likeness (QED) is 0.723. The fraction of sp³-hybridized carbons (Fsp3) is 0.263. The number of nitrogens with zero attached hydrogens (tertiary/aromatic N) is 2. The third-order valence-electron chi connectivity index (χ3n) is 4.19. The van der Waals surface area contributed by atoms with E-state index in [1.54, 1.807) is 0 Å². The number of hydrogen-bond acceptors (Lipinski definition) is 2. The molecule has 3 nitrogen and oxygen atoms in total. The number of piperidine rings is 1. The highest BCUT2D eigenvalue weighted by Gasteiger charge is 2.21. The molecule has 1 aromatic heterocycles. The van der Waals surface area contributed by atoms with Gasteiger partial charge in [-0.3, -0.25) is 9.78 Å². The molecule has 2 heterocycles. The van der Waals surface area contributed by atoms with Gasteiger partial charge in [0.15, 0.2) is 0 Å². The zero-order valence-electron chi connectivity index (χ0n) is 13.2. The van der Waals surface area contributed by atoms with E-state index in [2.05, 4.69) is 27.5 Å². The van der Waals surface area contributed by atoms with Gasteiger partial charge in [0.05, 0.1) is 17.0 Å². The number of carbonyl (C=O) groups is 1. The second-order valence-corrected chi connectivity index (χ2v) is 6.80. The minimum Gasteiger partial charge on any atom is -0.338 e. The Kier molecular flexibility index (Phi) is 4.62. The fourth-order valence-electron chi connectivity index (χ4n) is 2.79. The minimum atomic E-state index is 0.0725. The van der Waals surface area contributed by atoms with Gasteiger partial charge in [0.2, 0.25) is 0 Å². The average molecular weight is 371 g/mol. The van der Waals surface area contributed by atoms with Gasteiger partial charge in [0, 0.05) is 23.1 Å². The third kappa shape index (κ3) is 3.53. The van der Waals surface area contributed by atoms with Gasteiger partial charge >= 0.3 is 0 Å². The number of halogens is 1. The molecule has 0 saturated carbocycles. The van der Waals surface area contributed by atoms with Crippen molar-refractivity contribution in [1.82, 2.24) is 9.88 Å². The van der Waals surface area contributed by atoms with Crippen LogP contribution < -0.4 is 0 Å². The number of pyridine rings is 1. The number of rotatable bonds is 2. The zero-order chi connectivity index (χ0) is 16.4. The van der Waals surface area contributed by atoms with Crippen LogP contribution in [0.2, 0.25) is 0 Å². The van der Waals surface area contributed by atoms with Crippen molar-refractivity contribution in [2.75, 3.05) is 13.1 Å². The predicted octanol–water partition coefficient (Wildman–Crippen LogP) is 4.61. The first-order valence-electron chi connectivity index (χ1n) is 7.74. The highest BCUT2D eigenvalue weighted by Crippen LogP contribution is 2.24. The Morgan fingerprint density at radius 1 is 1.22 bits per heavy atom. The maximum absolute atomic E-state index is 12.7. The zero-order valence-corrected chi connectivity index (χ0v) is 14.8. The van der Waals surface area contributed by atoms with Crippen LogP contribution in [0.5, 0.6) is 0 Å². The van der Waals surface area contributed by atoms with Crippen molar-refractivity contribution in [3.63, 3.8) is 0 Å². The first-order chi connectivity index (χ1) is 11.0. The molecule has 1 fully saturated rings. The smallest absolute Gasteiger partial charge is 0.255 e. The van der Waals surface area contributed by atoms with Crippen molar-refractivity contribution >= 4 is 21.8 Å². The van der Waals surface area contributed by atoms with Crippen LogP contribution in [0.3, 0.4) is 0 Å². The maximum atomic E-state index is 12.7. The first-order valence-corrected chi connectivity index (χ1v) is 8.53. The SMILES string of the molecule is C=C1CCN(C(=O)c2ccc(-c3cccc(Br)c3)nc2C)CC1. The number of carbonyl (C=O) groups excluding carboxylic acids is 1. The Bertz CT molecular complexity index is 760. The lowest BCUT2D eigenvalue weighted by Crippen LogP contribution is -2.36. The lowest BCUT2D eigenvalue weighted by atomic mass is 10.0. The Morgan fingerprint density at radius 2 is 1.96 bits per heavy atom. The summed E-state index contributed by atoms with van der Waals surface area (Å²) in [5.74, 6) is 0.0725. The van der Waals surface area contributed by atoms with E-state index in [0.717, 1.165) is 47.4 Å². The molecule has 23 heavy (non-hydrogen) atoms. The summed E-state index contributed by atoms with van der Waals surface area (Å²) in [6.45, 7) is 7.41. The Labute approximate surface area is 145 Å². The van der Waals surface area contributed by atoms with Gasteiger partial charge in [-0.2, -0.15) is 0 Å². The highest BCUT2D eigenvalue weighted by molar-refractivity contribution is 9.10. The van der Waals surface area contributed by atoms with Crippen molar-refractivity contribution in [3.8, 4) is 11.3 Å². The summed E-state index contributed by atoms with van der Waals surface area (Å²) >= 11 is 3.48. The van der Waals surface area contributed by atoms with Crippen LogP contribution in [0, 0.1) is 6.92 Å². The van der Waals surface area contributed by atoms with Crippen LogP contribution in [0.25, 0.3) is 11.3 Å². The van der Waals surface area contributed by atoms with Crippen molar-refractivity contribution in [2.45, 2.75) is 19.8 Å². The van der Waals surface area contributed by atoms with Gasteiger partial charge in [0.25, 0.3) is 5.91 Å². The Morgan fingerprint density at radius 3 is 2.61 bits per heavy atom. The van der Waals surface area contributed by atoms with Crippen molar-refractivity contribution in [3.05, 3.63) is 64.3 Å². The van der Waals surface area contributed by atoms with E-state index in [-0.39, 0.29) is 5.91 Å². The summed E-state index contributed by atoms with van der Waals surface area (Å²) in [4.78, 5) is 19.2. The largest absolute Gasteiger partial charge is 0.338 e. The first kappa shape index (κ1) is 15.9. The minimum absolute atomic E-state index is 0.0725. The summed E-state index contributed by atoms with van der Waals surface area (Å²) in [5, 5.41) is 0. The molecule has 0 atom stereocenters. The number of hydrogen-bond donors (Lipinski definition) is 0. The van der Waals surface area contributed by atoms with Gasteiger partial charge in [-0.15, -0.1) is 0 Å². The van der Waals surface area contributed by atoms with Crippen molar-refractivity contribution in [1.29, 1.82) is 0 Å². The molecule has 0 N–H and O–H groups in total. The van der Waals surface area contributed by atoms with Crippen molar-refractivity contribution in [2.24, 2.45) is 0 Å². The molecule has 1 aliphatic rings. The maximum Gasteiger partial charge on any atom is 0.255 e. The lowest BCUT2D eigenvalue weighted by Gasteiger charge is -2.28. The highest BCUT2D eigenvalue weighted by atomic mass is 79.9. The number of aryl methyl sites for hydroxylation is 1. The van der Waals surface area contributed by atoms with Gasteiger partial charge in [0.1, 0.15) is 0 Å². The number of benzene rings is 1. The summed E-state index contributed by atoms with van der Waals surface area (Å²) in [6.07, 6.45) is 1.79. The van der Waals surface area contributed by atoms with Crippen LogP contribution in [0.4, 0.5) is 0 Å². The molecule has 1 amide bonds. The molecule has 1 saturated heterocycles. The standard InChI is InChI=1S/C19H19BrN2O/c1-13-8-10-22(11-9-13)19(23)17-6-7-18(21-14(17)2)15-4-3-5-16(20)12-15/h3-7,12H,1,8-11H2,2H3. The lowest BCUT2D eigenvalue weighted by molar-refractivity contribution is 0.0742. The van der Waals surface area contributed by atoms with Gasteiger partial charge in [-0.1, -0.05) is 40.2 Å². The van der Waals surface area contributed by atoms with Crippen LogP contribution in [0.15, 0.2) is 53.0 Å². The molecule has 0 radical (unpaired) electrons. The van der Waals surface area contributed by atoms with Gasteiger partial charge in [-0.25, -0.2) is 0 Å². The van der Waals surface area contributed by atoms with Crippen LogP contribution in [-0.4, -0.2) is 28.9 Å². The molecule has 118 valence electrons. The number of amides is 1. The summed E-state index contributed by atoms with van der Waals surface area (Å²) in [5.41, 5.74) is 4.62. The molecule has 0 unspecified atom stereocenters. The second-order valence-electron chi connectivity index (χ2n) is 5.88. The second kappa shape index (κ2) is 6.67. The summed E-state index contributed by atoms with van der Waals surface area (Å²) in [6, 6.07) is 11.8. The molecule has 0 spiro atoms. The number of aromatic nitrogens is 1. The van der Waals surface area contributed by atoms with E-state index < -0.39 is 0 Å². The monoisotopic (exact) mass is 370 g/mol. The van der Waals surface area contributed by atoms with E-state index in [1.165, 1.54) is 5.57 Å². The predicted molar refractivity (Wildman–Crippen MR) is 96.4 cm³/mol. The molecule has 0 bridgehead atoms. The van der Waals surface area contributed by atoms with Gasteiger partial charge < -0.3 is 4.90 Å². The average Bonchev–Trinajstić information content (AvgIpc) is 2.55. The molecule has 3 rings (SSSR count). The van der Waals surface area contributed by atoms with Crippen LogP contribution in [-0.2, 0) is 0 Å². The fourth-order valence-corrected chi connectivity index (χ4v) is 3.19. The van der Waals surface area contributed by atoms with E-state index in [0.29, 0.717) is 5.56 Å². The molecule has 4 heteroatoms. The topological polar surface area (TPSA) is 33.2 Å². The molecular weight excluding hydrogens is 352 g/mol. The van der Waals surface area contributed by atoms with Crippen molar-refractivity contribution < 1.29 is 4.79 Å². The van der Waals surface area contributed by atoms with Gasteiger partial charge in [-0.05, 0) is 44.0 Å². The Hall–Kier alpha value is -1.94. The van der Waals surface area contributed by atoms with Crippen LogP contribution in [0.1, 0.15) is 28.9 Å². The molecular formula is C19H19BrN2O. The van der Waals surface area contributed by atoms with E-state index >= 15 is 0 Å². The molecule has 1 aliphatic heterocycles. The third-order valence-corrected chi connectivity index (χ3v) is 4.69. The van der Waals surface area contributed by atoms with E-state index in [4.69, 9.17) is 0 Å². The number of likely N-dealkylation sites (tertiary alicyclic amines) is 1. The molecule has 0 aliphatic carbocycles.